The lowest BCUT2D eigenvalue weighted by atomic mass is 10.4. The minimum absolute atomic E-state index is 0.230. The summed E-state index contributed by atoms with van der Waals surface area (Å²) >= 11 is 2.87. The van der Waals surface area contributed by atoms with Gasteiger partial charge in [0.05, 0.1) is 15.5 Å². The van der Waals surface area contributed by atoms with Gasteiger partial charge in [-0.2, -0.15) is 0 Å². The summed E-state index contributed by atoms with van der Waals surface area (Å²) in [5.74, 6) is -0.318. The lowest BCUT2D eigenvalue weighted by molar-refractivity contribution is -0.119. The summed E-state index contributed by atoms with van der Waals surface area (Å²) in [6, 6.07) is 1.73. The molecular weight excluding hydrogens is 308 g/mol. The van der Waals surface area contributed by atoms with E-state index >= 15 is 0 Å². The largest absolute Gasteiger partial charge is 0.335 e. The van der Waals surface area contributed by atoms with Crippen LogP contribution in [0.25, 0.3) is 10.2 Å². The molecule has 110 valence electrons. The maximum atomic E-state index is 12.0. The van der Waals surface area contributed by atoms with Crippen molar-refractivity contribution in [3.8, 4) is 0 Å². The van der Waals surface area contributed by atoms with Crippen molar-refractivity contribution < 1.29 is 9.59 Å². The van der Waals surface area contributed by atoms with E-state index in [4.69, 9.17) is 0 Å². The maximum absolute atomic E-state index is 12.0. The topological polar surface area (TPSA) is 84.0 Å². The highest BCUT2D eigenvalue weighted by Gasteiger charge is 2.25. The van der Waals surface area contributed by atoms with E-state index in [0.717, 1.165) is 28.1 Å². The number of urea groups is 1. The van der Waals surface area contributed by atoms with Gasteiger partial charge in [0.15, 0.2) is 0 Å². The van der Waals surface area contributed by atoms with Crippen molar-refractivity contribution in [2.24, 2.45) is 0 Å². The van der Waals surface area contributed by atoms with Crippen molar-refractivity contribution in [2.45, 2.75) is 36.1 Å². The summed E-state index contributed by atoms with van der Waals surface area (Å²) < 4.78 is 0.963. The second kappa shape index (κ2) is 5.98. The fourth-order valence-corrected chi connectivity index (χ4v) is 3.57. The van der Waals surface area contributed by atoms with Gasteiger partial charge in [-0.15, -0.1) is 11.3 Å². The van der Waals surface area contributed by atoms with Crippen LogP contribution in [0.3, 0.4) is 0 Å². The Balaban J connectivity index is 1.62. The van der Waals surface area contributed by atoms with E-state index in [1.807, 2.05) is 11.4 Å². The molecule has 0 unspecified atom stereocenters. The van der Waals surface area contributed by atoms with Crippen LogP contribution in [-0.4, -0.2) is 33.2 Å². The molecule has 3 rings (SSSR count). The monoisotopic (exact) mass is 322 g/mol. The van der Waals surface area contributed by atoms with Crippen molar-refractivity contribution in [1.29, 1.82) is 0 Å². The molecule has 2 aromatic rings. The fourth-order valence-electron chi connectivity index (χ4n) is 1.73. The number of thiophene rings is 1. The Hall–Kier alpha value is -1.67. The number of carbonyl (C=O) groups excluding carboxylic acids is 2. The van der Waals surface area contributed by atoms with Gasteiger partial charge in [-0.1, -0.05) is 11.8 Å². The molecule has 1 aliphatic carbocycles. The zero-order valence-electron chi connectivity index (χ0n) is 11.3. The number of nitrogens with one attached hydrogen (secondary N) is 2. The summed E-state index contributed by atoms with van der Waals surface area (Å²) in [6.45, 7) is 1.76. The van der Waals surface area contributed by atoms with Gasteiger partial charge in [-0.3, -0.25) is 10.1 Å². The second-order valence-electron chi connectivity index (χ2n) is 4.81. The number of fused-ring (bicyclic) bond motifs is 1. The number of thioether (sulfide) groups is 1. The van der Waals surface area contributed by atoms with E-state index in [1.54, 1.807) is 18.3 Å². The number of hydrogen-bond donors (Lipinski definition) is 2. The van der Waals surface area contributed by atoms with Crippen molar-refractivity contribution in [3.05, 3.63) is 17.8 Å². The van der Waals surface area contributed by atoms with Crippen LogP contribution in [0.4, 0.5) is 4.79 Å². The number of aromatic nitrogens is 2. The highest BCUT2D eigenvalue weighted by molar-refractivity contribution is 8.00. The van der Waals surface area contributed by atoms with Gasteiger partial charge in [0, 0.05) is 6.04 Å². The molecule has 1 fully saturated rings. The van der Waals surface area contributed by atoms with E-state index in [2.05, 4.69) is 20.6 Å². The number of carbonyl (C=O) groups is 2. The van der Waals surface area contributed by atoms with Crippen molar-refractivity contribution in [2.75, 3.05) is 0 Å². The second-order valence-corrected chi connectivity index (χ2v) is 7.06. The average molecular weight is 322 g/mol. The summed E-state index contributed by atoms with van der Waals surface area (Å²) in [4.78, 5) is 31.9. The first-order valence-electron chi connectivity index (χ1n) is 6.59. The summed E-state index contributed by atoms with van der Waals surface area (Å²) in [5.41, 5.74) is 0.872. The Bertz CT molecular complexity index is 684. The molecule has 1 saturated carbocycles. The van der Waals surface area contributed by atoms with E-state index in [0.29, 0.717) is 0 Å². The minimum Gasteiger partial charge on any atom is -0.335 e. The fraction of sp³-hybridized carbons (Fsp3) is 0.385. The highest BCUT2D eigenvalue weighted by Crippen LogP contribution is 2.31. The quantitative estimate of drug-likeness (QED) is 0.666. The van der Waals surface area contributed by atoms with Crippen molar-refractivity contribution in [1.82, 2.24) is 20.6 Å². The third kappa shape index (κ3) is 3.51. The zero-order chi connectivity index (χ0) is 14.8. The van der Waals surface area contributed by atoms with E-state index in [-0.39, 0.29) is 11.9 Å². The van der Waals surface area contributed by atoms with E-state index in [9.17, 15) is 9.59 Å². The normalized spacial score (nSPS) is 15.7. The van der Waals surface area contributed by atoms with Gasteiger partial charge in [0.1, 0.15) is 11.4 Å². The van der Waals surface area contributed by atoms with Crippen LogP contribution in [0.15, 0.2) is 22.8 Å². The number of amides is 3. The molecule has 0 spiro atoms. The number of nitrogens with zero attached hydrogens (tertiary/aromatic N) is 2. The molecule has 0 aromatic carbocycles. The Morgan fingerprint density at radius 3 is 3.00 bits per heavy atom. The molecule has 0 saturated heterocycles. The van der Waals surface area contributed by atoms with Gasteiger partial charge in [-0.05, 0) is 31.2 Å². The molecule has 2 heterocycles. The number of rotatable bonds is 4. The van der Waals surface area contributed by atoms with Crippen LogP contribution >= 0.6 is 23.1 Å². The lowest BCUT2D eigenvalue weighted by Crippen LogP contribution is -2.43. The highest BCUT2D eigenvalue weighted by atomic mass is 32.2. The maximum Gasteiger partial charge on any atom is 0.321 e. The Morgan fingerprint density at radius 1 is 1.43 bits per heavy atom. The SMILES string of the molecule is C[C@H](Sc1ncnc2ccsc12)C(=O)NC(=O)NC1CC1. The first-order valence-corrected chi connectivity index (χ1v) is 8.35. The molecule has 0 bridgehead atoms. The molecule has 1 aliphatic rings. The molecule has 1 atom stereocenters. The molecule has 0 radical (unpaired) electrons. The van der Waals surface area contributed by atoms with Crippen LogP contribution in [0, 0.1) is 0 Å². The van der Waals surface area contributed by atoms with Crippen LogP contribution in [0.2, 0.25) is 0 Å². The summed E-state index contributed by atoms with van der Waals surface area (Å²) in [6.07, 6.45) is 3.47. The first kappa shape index (κ1) is 14.3. The van der Waals surface area contributed by atoms with Gasteiger partial charge in [0.25, 0.3) is 0 Å². The van der Waals surface area contributed by atoms with Gasteiger partial charge >= 0.3 is 6.03 Å². The van der Waals surface area contributed by atoms with Gasteiger partial charge in [0.2, 0.25) is 5.91 Å². The Labute approximate surface area is 129 Å². The predicted octanol–water partition coefficient (Wildman–Crippen LogP) is 2.16. The summed E-state index contributed by atoms with van der Waals surface area (Å²) in [7, 11) is 0. The van der Waals surface area contributed by atoms with E-state index < -0.39 is 11.3 Å². The van der Waals surface area contributed by atoms with Crippen LogP contribution in [0.5, 0.6) is 0 Å². The number of imide groups is 1. The lowest BCUT2D eigenvalue weighted by Gasteiger charge is -2.11. The number of hydrogen-bond acceptors (Lipinski definition) is 6. The molecule has 2 aromatic heterocycles. The van der Waals surface area contributed by atoms with Gasteiger partial charge < -0.3 is 5.32 Å². The molecule has 3 amide bonds. The smallest absolute Gasteiger partial charge is 0.321 e. The summed E-state index contributed by atoms with van der Waals surface area (Å²) in [5, 5.41) is 7.39. The minimum atomic E-state index is -0.418. The van der Waals surface area contributed by atoms with Gasteiger partial charge in [-0.25, -0.2) is 14.8 Å². The molecule has 0 aliphatic heterocycles. The standard InChI is InChI=1S/C13H14N4O2S2/c1-7(11(18)17-13(19)16-8-2-3-8)21-12-10-9(4-5-20-10)14-6-15-12/h4-8H,2-3H2,1H3,(H2,16,17,18,19)/t7-/m0/s1. The molecule has 8 heteroatoms. The van der Waals surface area contributed by atoms with Crippen molar-refractivity contribution in [3.63, 3.8) is 0 Å². The van der Waals surface area contributed by atoms with Crippen LogP contribution < -0.4 is 10.6 Å². The molecular formula is C13H14N4O2S2. The third-order valence-corrected chi connectivity index (χ3v) is 5.16. The van der Waals surface area contributed by atoms with E-state index in [1.165, 1.54) is 18.1 Å². The van der Waals surface area contributed by atoms with Crippen LogP contribution in [-0.2, 0) is 4.79 Å². The van der Waals surface area contributed by atoms with Crippen LogP contribution in [0.1, 0.15) is 19.8 Å². The Morgan fingerprint density at radius 2 is 2.24 bits per heavy atom. The molecule has 21 heavy (non-hydrogen) atoms. The Kier molecular flexibility index (Phi) is 4.07. The average Bonchev–Trinajstić information content (AvgIpc) is 3.12. The predicted molar refractivity (Wildman–Crippen MR) is 82.4 cm³/mol. The zero-order valence-corrected chi connectivity index (χ0v) is 13.0. The molecule has 6 nitrogen and oxygen atoms in total. The first-order chi connectivity index (χ1) is 10.1. The van der Waals surface area contributed by atoms with Crippen molar-refractivity contribution >= 4 is 45.3 Å². The molecule has 2 N–H and O–H groups in total. The third-order valence-electron chi connectivity index (χ3n) is 3.02.